The quantitative estimate of drug-likeness (QED) is 0.798. The van der Waals surface area contributed by atoms with E-state index in [4.69, 9.17) is 0 Å². The van der Waals surface area contributed by atoms with Crippen molar-refractivity contribution < 1.29 is 4.21 Å². The standard InChI is InChI=1S/C10H14N2OS/c13-14(10-4-6-11-7-10)8-9-3-1-2-5-12-9/h1-3,5,10-11H,4,6-8H2/t10-,14-/m1/s1. The molecule has 0 spiro atoms. The number of rotatable bonds is 3. The second-order valence-electron chi connectivity index (χ2n) is 3.46. The zero-order valence-electron chi connectivity index (χ0n) is 7.98. The number of pyridine rings is 1. The molecule has 0 unspecified atom stereocenters. The molecule has 0 radical (unpaired) electrons. The van der Waals surface area contributed by atoms with Gasteiger partial charge in [0.1, 0.15) is 0 Å². The maximum Gasteiger partial charge on any atom is 0.0662 e. The fraction of sp³-hybridized carbons (Fsp3) is 0.500. The summed E-state index contributed by atoms with van der Waals surface area (Å²) in [5, 5.41) is 3.54. The molecule has 0 amide bonds. The molecule has 76 valence electrons. The summed E-state index contributed by atoms with van der Waals surface area (Å²) >= 11 is 0. The second kappa shape index (κ2) is 4.66. The van der Waals surface area contributed by atoms with Gasteiger partial charge in [-0.2, -0.15) is 0 Å². The molecule has 4 heteroatoms. The molecule has 3 nitrogen and oxygen atoms in total. The molecule has 2 heterocycles. The van der Waals surface area contributed by atoms with Gasteiger partial charge in [0.25, 0.3) is 0 Å². The Morgan fingerprint density at radius 2 is 2.50 bits per heavy atom. The lowest BCUT2D eigenvalue weighted by molar-refractivity contribution is 0.671. The lowest BCUT2D eigenvalue weighted by atomic mass is 10.4. The summed E-state index contributed by atoms with van der Waals surface area (Å²) in [6.45, 7) is 1.89. The molecule has 1 saturated heterocycles. The van der Waals surface area contributed by atoms with E-state index >= 15 is 0 Å². The molecule has 2 rings (SSSR count). The Bertz CT molecular complexity index is 309. The summed E-state index contributed by atoms with van der Waals surface area (Å²) in [6, 6.07) is 5.75. The minimum absolute atomic E-state index is 0.317. The predicted octanol–water partition coefficient (Wildman–Crippen LogP) is 0.692. The van der Waals surface area contributed by atoms with Gasteiger partial charge in [-0.25, -0.2) is 0 Å². The van der Waals surface area contributed by atoms with Crippen molar-refractivity contribution in [2.24, 2.45) is 0 Å². The molecule has 0 bridgehead atoms. The molecule has 1 aromatic heterocycles. The van der Waals surface area contributed by atoms with Gasteiger partial charge in [0.15, 0.2) is 0 Å². The maximum absolute atomic E-state index is 11.8. The van der Waals surface area contributed by atoms with Crippen LogP contribution in [0, 0.1) is 0 Å². The lowest BCUT2D eigenvalue weighted by Gasteiger charge is -2.07. The van der Waals surface area contributed by atoms with Crippen molar-refractivity contribution >= 4 is 10.8 Å². The number of hydrogen-bond donors (Lipinski definition) is 1. The Balaban J connectivity index is 1.94. The summed E-state index contributed by atoms with van der Waals surface area (Å²) in [6.07, 6.45) is 2.78. The highest BCUT2D eigenvalue weighted by atomic mass is 32.2. The molecule has 0 aliphatic carbocycles. The van der Waals surface area contributed by atoms with E-state index in [1.54, 1.807) is 6.20 Å². The number of nitrogens with zero attached hydrogens (tertiary/aromatic N) is 1. The van der Waals surface area contributed by atoms with Crippen LogP contribution in [0.3, 0.4) is 0 Å². The van der Waals surface area contributed by atoms with E-state index in [1.165, 1.54) is 0 Å². The van der Waals surface area contributed by atoms with Crippen LogP contribution in [-0.2, 0) is 16.6 Å². The topological polar surface area (TPSA) is 42.0 Å². The molecule has 1 aromatic rings. The third kappa shape index (κ3) is 2.39. The van der Waals surface area contributed by atoms with E-state index in [0.717, 1.165) is 25.2 Å². The Morgan fingerprint density at radius 1 is 1.57 bits per heavy atom. The molecule has 1 aliphatic heterocycles. The van der Waals surface area contributed by atoms with Crippen LogP contribution in [0.25, 0.3) is 0 Å². The van der Waals surface area contributed by atoms with Gasteiger partial charge < -0.3 is 5.32 Å². The van der Waals surface area contributed by atoms with Crippen LogP contribution < -0.4 is 5.32 Å². The molecule has 0 saturated carbocycles. The first-order valence-electron chi connectivity index (χ1n) is 4.84. The van der Waals surface area contributed by atoms with Crippen molar-refractivity contribution in [3.63, 3.8) is 0 Å². The average molecular weight is 210 g/mol. The molecular formula is C10H14N2OS. The van der Waals surface area contributed by atoms with Crippen molar-refractivity contribution in [3.8, 4) is 0 Å². The minimum Gasteiger partial charge on any atom is -0.315 e. The normalized spacial score (nSPS) is 23.6. The van der Waals surface area contributed by atoms with Crippen molar-refractivity contribution in [2.45, 2.75) is 17.4 Å². The van der Waals surface area contributed by atoms with Crippen molar-refractivity contribution in [1.82, 2.24) is 10.3 Å². The zero-order chi connectivity index (χ0) is 9.80. The van der Waals surface area contributed by atoms with Crippen molar-refractivity contribution in [2.75, 3.05) is 13.1 Å². The molecule has 1 N–H and O–H groups in total. The predicted molar refractivity (Wildman–Crippen MR) is 57.4 cm³/mol. The summed E-state index contributed by atoms with van der Waals surface area (Å²) in [5.41, 5.74) is 0.928. The Labute approximate surface area is 86.4 Å². The van der Waals surface area contributed by atoms with Crippen molar-refractivity contribution in [3.05, 3.63) is 30.1 Å². The third-order valence-electron chi connectivity index (χ3n) is 2.40. The second-order valence-corrected chi connectivity index (χ2v) is 5.18. The van der Waals surface area contributed by atoms with Crippen LogP contribution in [0.5, 0.6) is 0 Å². The molecule has 1 aliphatic rings. The van der Waals surface area contributed by atoms with Gasteiger partial charge in [-0.15, -0.1) is 0 Å². The highest BCUT2D eigenvalue weighted by Gasteiger charge is 2.21. The van der Waals surface area contributed by atoms with Crippen LogP contribution in [0.1, 0.15) is 12.1 Å². The fourth-order valence-electron chi connectivity index (χ4n) is 1.60. The van der Waals surface area contributed by atoms with Gasteiger partial charge in [-0.05, 0) is 25.1 Å². The van der Waals surface area contributed by atoms with E-state index in [1.807, 2.05) is 18.2 Å². The van der Waals surface area contributed by atoms with Gasteiger partial charge in [-0.1, -0.05) is 6.07 Å². The highest BCUT2D eigenvalue weighted by molar-refractivity contribution is 7.84. The van der Waals surface area contributed by atoms with Crippen LogP contribution in [0.15, 0.2) is 24.4 Å². The minimum atomic E-state index is -0.771. The van der Waals surface area contributed by atoms with E-state index < -0.39 is 10.8 Å². The Hall–Kier alpha value is -0.740. The van der Waals surface area contributed by atoms with Gasteiger partial charge in [0.05, 0.1) is 11.4 Å². The van der Waals surface area contributed by atoms with Gasteiger partial charge in [0.2, 0.25) is 0 Å². The number of aromatic nitrogens is 1. The first-order valence-corrected chi connectivity index (χ1v) is 6.22. The summed E-state index contributed by atoms with van der Waals surface area (Å²) < 4.78 is 11.8. The van der Waals surface area contributed by atoms with E-state index in [9.17, 15) is 4.21 Å². The lowest BCUT2D eigenvalue weighted by Crippen LogP contribution is -2.20. The number of nitrogens with one attached hydrogen (secondary N) is 1. The molecule has 14 heavy (non-hydrogen) atoms. The first-order chi connectivity index (χ1) is 6.86. The number of hydrogen-bond acceptors (Lipinski definition) is 3. The third-order valence-corrected chi connectivity index (χ3v) is 4.13. The van der Waals surface area contributed by atoms with Crippen LogP contribution in [0.2, 0.25) is 0 Å². The van der Waals surface area contributed by atoms with Crippen molar-refractivity contribution in [1.29, 1.82) is 0 Å². The highest BCUT2D eigenvalue weighted by Crippen LogP contribution is 2.10. The summed E-state index contributed by atoms with van der Waals surface area (Å²) in [7, 11) is -0.771. The van der Waals surface area contributed by atoms with Gasteiger partial charge in [0, 0.05) is 28.8 Å². The summed E-state index contributed by atoms with van der Waals surface area (Å²) in [4.78, 5) is 4.18. The van der Waals surface area contributed by atoms with Gasteiger partial charge in [-0.3, -0.25) is 9.19 Å². The molecule has 2 atom stereocenters. The van der Waals surface area contributed by atoms with E-state index in [0.29, 0.717) is 11.0 Å². The monoisotopic (exact) mass is 210 g/mol. The largest absolute Gasteiger partial charge is 0.315 e. The Kier molecular flexibility index (Phi) is 3.26. The molecule has 1 fully saturated rings. The fourth-order valence-corrected chi connectivity index (χ4v) is 2.98. The van der Waals surface area contributed by atoms with Gasteiger partial charge >= 0.3 is 0 Å². The average Bonchev–Trinajstić information content (AvgIpc) is 2.72. The van der Waals surface area contributed by atoms with Crippen LogP contribution in [-0.4, -0.2) is 27.5 Å². The van der Waals surface area contributed by atoms with E-state index in [2.05, 4.69) is 10.3 Å². The smallest absolute Gasteiger partial charge is 0.0662 e. The molecule has 0 aromatic carbocycles. The van der Waals surface area contributed by atoms with E-state index in [-0.39, 0.29) is 0 Å². The molecular weight excluding hydrogens is 196 g/mol. The van der Waals surface area contributed by atoms with Crippen LogP contribution >= 0.6 is 0 Å². The zero-order valence-corrected chi connectivity index (χ0v) is 8.80. The summed E-state index contributed by atoms with van der Waals surface area (Å²) in [5.74, 6) is 0.590. The van der Waals surface area contributed by atoms with Crippen LogP contribution in [0.4, 0.5) is 0 Å². The SMILES string of the molecule is O=[S@](Cc1ccccn1)[C@@H]1CCNC1. The first kappa shape index (κ1) is 9.80. The Morgan fingerprint density at radius 3 is 3.14 bits per heavy atom. The maximum atomic E-state index is 11.8.